The van der Waals surface area contributed by atoms with Gasteiger partial charge in [-0.2, -0.15) is 5.10 Å². The van der Waals surface area contributed by atoms with E-state index in [-0.39, 0.29) is 24.7 Å². The van der Waals surface area contributed by atoms with Crippen molar-refractivity contribution in [1.82, 2.24) is 9.91 Å². The van der Waals surface area contributed by atoms with Gasteiger partial charge in [-0.15, -0.1) is 0 Å². The van der Waals surface area contributed by atoms with Crippen LogP contribution in [0, 0.1) is 17.5 Å². The van der Waals surface area contributed by atoms with Crippen LogP contribution in [0.2, 0.25) is 0 Å². The second-order valence-electron chi connectivity index (χ2n) is 8.01. The second kappa shape index (κ2) is 7.85. The third kappa shape index (κ3) is 3.76. The van der Waals surface area contributed by atoms with E-state index in [4.69, 9.17) is 4.74 Å². The van der Waals surface area contributed by atoms with Crippen molar-refractivity contribution >= 4 is 23.8 Å². The van der Waals surface area contributed by atoms with E-state index in [1.54, 1.807) is 0 Å². The molecule has 166 valence electrons. The van der Waals surface area contributed by atoms with Gasteiger partial charge in [0.15, 0.2) is 11.6 Å². The van der Waals surface area contributed by atoms with Crippen LogP contribution < -0.4 is 10.1 Å². The number of aryl methyl sites for hydroxylation is 1. The first-order valence-electron chi connectivity index (χ1n) is 10.2. The lowest BCUT2D eigenvalue weighted by Crippen LogP contribution is -2.58. The van der Waals surface area contributed by atoms with Crippen LogP contribution in [-0.2, 0) is 11.2 Å². The van der Waals surface area contributed by atoms with Gasteiger partial charge in [0.1, 0.15) is 17.7 Å². The van der Waals surface area contributed by atoms with Gasteiger partial charge in [-0.3, -0.25) is 4.79 Å². The number of rotatable bonds is 3. The Bertz CT molecular complexity index is 1110. The van der Waals surface area contributed by atoms with Gasteiger partial charge in [-0.25, -0.2) is 23.0 Å². The van der Waals surface area contributed by atoms with E-state index in [0.717, 1.165) is 6.07 Å². The molecule has 5 rings (SSSR count). The Hall–Kier alpha value is -3.56. The molecule has 0 spiro atoms. The van der Waals surface area contributed by atoms with Gasteiger partial charge >= 0.3 is 6.03 Å². The molecule has 32 heavy (non-hydrogen) atoms. The number of halogens is 3. The molecule has 7 nitrogen and oxygen atoms in total. The number of amides is 3. The zero-order valence-corrected chi connectivity index (χ0v) is 16.9. The average Bonchev–Trinajstić information content (AvgIpc) is 3.20. The summed E-state index contributed by atoms with van der Waals surface area (Å²) in [5.74, 6) is -2.09. The third-order valence-electron chi connectivity index (χ3n) is 5.76. The molecule has 3 aliphatic heterocycles. The summed E-state index contributed by atoms with van der Waals surface area (Å²) in [7, 11) is 0. The van der Waals surface area contributed by atoms with E-state index >= 15 is 0 Å². The molecule has 0 radical (unpaired) electrons. The van der Waals surface area contributed by atoms with Crippen LogP contribution in [0.25, 0.3) is 0 Å². The maximum absolute atomic E-state index is 14.4. The van der Waals surface area contributed by atoms with E-state index in [1.165, 1.54) is 40.4 Å². The first kappa shape index (κ1) is 20.3. The van der Waals surface area contributed by atoms with Gasteiger partial charge in [0.05, 0.1) is 19.1 Å². The van der Waals surface area contributed by atoms with Gasteiger partial charge in [-0.05, 0) is 35.7 Å². The molecule has 1 saturated heterocycles. The topological polar surface area (TPSA) is 74.2 Å². The van der Waals surface area contributed by atoms with E-state index in [9.17, 15) is 22.8 Å². The third-order valence-corrected chi connectivity index (χ3v) is 5.76. The Morgan fingerprint density at radius 2 is 1.81 bits per heavy atom. The zero-order chi connectivity index (χ0) is 22.4. The second-order valence-corrected chi connectivity index (χ2v) is 8.01. The van der Waals surface area contributed by atoms with Gasteiger partial charge in [0.2, 0.25) is 5.91 Å². The van der Waals surface area contributed by atoms with Crippen molar-refractivity contribution in [2.75, 3.05) is 18.4 Å². The molecule has 3 heterocycles. The highest BCUT2D eigenvalue weighted by Gasteiger charge is 2.39. The summed E-state index contributed by atoms with van der Waals surface area (Å²) >= 11 is 0. The number of nitrogens with zero attached hydrogens (tertiary/aromatic N) is 3. The van der Waals surface area contributed by atoms with E-state index in [2.05, 4.69) is 10.4 Å². The predicted molar refractivity (Wildman–Crippen MR) is 109 cm³/mol. The van der Waals surface area contributed by atoms with Crippen molar-refractivity contribution in [3.8, 4) is 5.75 Å². The number of hydrogen-bond donors (Lipinski definition) is 1. The fraction of sp³-hybridized carbons (Fsp3) is 0.318. The maximum Gasteiger partial charge on any atom is 0.341 e. The molecule has 0 bridgehead atoms. The van der Waals surface area contributed by atoms with Crippen LogP contribution in [0.15, 0.2) is 35.4 Å². The standard InChI is InChI=1S/C22H19F3N4O3/c23-14-5-13(6-15(24)8-14)19-3-4-26-29(19)22(31)28-10-16(11-28)32-20-9-18-12(7-17(20)25)1-2-21(30)27-18/h4-9,16,19H,1-3,10-11H2,(H,27,30). The van der Waals surface area contributed by atoms with Crippen LogP contribution in [0.4, 0.5) is 23.7 Å². The van der Waals surface area contributed by atoms with Gasteiger partial charge in [-0.1, -0.05) is 0 Å². The summed E-state index contributed by atoms with van der Waals surface area (Å²) in [6.07, 6.45) is 2.22. The molecule has 0 aliphatic carbocycles. The van der Waals surface area contributed by atoms with Gasteiger partial charge in [0, 0.05) is 36.9 Å². The smallest absolute Gasteiger partial charge is 0.341 e. The molecule has 2 aromatic carbocycles. The summed E-state index contributed by atoms with van der Waals surface area (Å²) < 4.78 is 47.3. The normalized spacial score (nSPS) is 20.1. The number of benzene rings is 2. The maximum atomic E-state index is 14.4. The molecule has 3 aliphatic rings. The number of ether oxygens (including phenoxy) is 1. The van der Waals surface area contributed by atoms with Crippen molar-refractivity contribution in [2.24, 2.45) is 5.10 Å². The van der Waals surface area contributed by atoms with E-state index in [1.807, 2.05) is 0 Å². The molecular weight excluding hydrogens is 425 g/mol. The average molecular weight is 444 g/mol. The first-order valence-corrected chi connectivity index (χ1v) is 10.2. The Morgan fingerprint density at radius 3 is 2.56 bits per heavy atom. The number of carbonyl (C=O) groups excluding carboxylic acids is 2. The van der Waals surface area contributed by atoms with Crippen LogP contribution >= 0.6 is 0 Å². The van der Waals surface area contributed by atoms with E-state index < -0.39 is 35.6 Å². The molecule has 3 amide bonds. The zero-order valence-electron chi connectivity index (χ0n) is 16.9. The highest BCUT2D eigenvalue weighted by atomic mass is 19.1. The minimum Gasteiger partial charge on any atom is -0.484 e. The Labute approximate surface area is 181 Å². The summed E-state index contributed by atoms with van der Waals surface area (Å²) in [6.45, 7) is 0.413. The minimum absolute atomic E-state index is 0.00959. The minimum atomic E-state index is -0.722. The number of hydrazone groups is 1. The number of carbonyl (C=O) groups is 2. The molecule has 0 aromatic heterocycles. The number of likely N-dealkylation sites (tertiary alicyclic amines) is 1. The number of fused-ring (bicyclic) bond motifs is 1. The molecule has 1 unspecified atom stereocenters. The van der Waals surface area contributed by atoms with Crippen molar-refractivity contribution in [2.45, 2.75) is 31.4 Å². The molecule has 1 atom stereocenters. The van der Waals surface area contributed by atoms with Crippen molar-refractivity contribution in [3.63, 3.8) is 0 Å². The summed E-state index contributed by atoms with van der Waals surface area (Å²) in [5.41, 5.74) is 1.56. The van der Waals surface area contributed by atoms with Crippen LogP contribution in [0.3, 0.4) is 0 Å². The van der Waals surface area contributed by atoms with E-state index in [0.29, 0.717) is 36.1 Å². The first-order chi connectivity index (χ1) is 15.4. The van der Waals surface area contributed by atoms with Crippen molar-refractivity contribution in [3.05, 3.63) is 58.9 Å². The van der Waals surface area contributed by atoms with Crippen molar-refractivity contribution in [1.29, 1.82) is 0 Å². The molecule has 0 saturated carbocycles. The Kier molecular flexibility index (Phi) is 4.99. The summed E-state index contributed by atoms with van der Waals surface area (Å²) in [6, 6.07) is 4.93. The summed E-state index contributed by atoms with van der Waals surface area (Å²) in [5, 5.41) is 7.96. The SMILES string of the molecule is O=C1CCc2cc(F)c(OC3CN(C(=O)N4N=CCC4c4cc(F)cc(F)c4)C3)cc2N1. The molecule has 1 fully saturated rings. The molecular formula is C22H19F3N4O3. The van der Waals surface area contributed by atoms with Gasteiger partial charge in [0.25, 0.3) is 0 Å². The number of urea groups is 1. The number of anilines is 1. The lowest BCUT2D eigenvalue weighted by Gasteiger charge is -2.41. The Morgan fingerprint density at radius 1 is 1.06 bits per heavy atom. The quantitative estimate of drug-likeness (QED) is 0.786. The lowest BCUT2D eigenvalue weighted by atomic mass is 10.0. The van der Waals surface area contributed by atoms with Crippen molar-refractivity contribution < 1.29 is 27.5 Å². The molecule has 2 aromatic rings. The number of hydrogen-bond acceptors (Lipinski definition) is 4. The lowest BCUT2D eigenvalue weighted by molar-refractivity contribution is -0.116. The fourth-order valence-corrected chi connectivity index (χ4v) is 4.11. The van der Waals surface area contributed by atoms with Crippen LogP contribution in [0.5, 0.6) is 5.75 Å². The fourth-order valence-electron chi connectivity index (χ4n) is 4.11. The largest absolute Gasteiger partial charge is 0.484 e. The van der Waals surface area contributed by atoms with Gasteiger partial charge < -0.3 is 15.0 Å². The molecule has 10 heteroatoms. The Balaban J connectivity index is 1.23. The summed E-state index contributed by atoms with van der Waals surface area (Å²) in [4.78, 5) is 25.9. The highest BCUT2D eigenvalue weighted by Crippen LogP contribution is 2.33. The van der Waals surface area contributed by atoms with Crippen LogP contribution in [0.1, 0.15) is 30.0 Å². The monoisotopic (exact) mass is 444 g/mol. The highest BCUT2D eigenvalue weighted by molar-refractivity contribution is 5.94. The molecule has 1 N–H and O–H groups in total. The van der Waals surface area contributed by atoms with Crippen LogP contribution in [-0.4, -0.2) is 47.3 Å². The predicted octanol–water partition coefficient (Wildman–Crippen LogP) is 3.60. The number of nitrogens with one attached hydrogen (secondary N) is 1.